The first-order valence-electron chi connectivity index (χ1n) is 10.6. The maximum Gasteiger partial charge on any atom is 0.277 e. The molecule has 1 fully saturated rings. The molecule has 31 heavy (non-hydrogen) atoms. The first kappa shape index (κ1) is 21.1. The van der Waals surface area contributed by atoms with Crippen LogP contribution in [-0.4, -0.2) is 73.0 Å². The van der Waals surface area contributed by atoms with Gasteiger partial charge >= 0.3 is 0 Å². The van der Waals surface area contributed by atoms with Crippen LogP contribution in [0.3, 0.4) is 0 Å². The smallest absolute Gasteiger partial charge is 0.277 e. The second kappa shape index (κ2) is 8.89. The number of rotatable bonds is 6. The van der Waals surface area contributed by atoms with Crippen molar-refractivity contribution >= 4 is 23.2 Å². The SMILES string of the molecule is COCCN1C(=O)C(c2ccc(C)c(C)c2)=C(N2CCN(c3ccccn3)CC2)C1=O. The number of hydrogen-bond donors (Lipinski definition) is 0. The van der Waals surface area contributed by atoms with Crippen molar-refractivity contribution in [2.75, 3.05) is 51.3 Å². The van der Waals surface area contributed by atoms with Crippen molar-refractivity contribution in [2.45, 2.75) is 13.8 Å². The Labute approximate surface area is 182 Å². The minimum atomic E-state index is -0.243. The lowest BCUT2D eigenvalue weighted by Gasteiger charge is -2.37. The zero-order chi connectivity index (χ0) is 22.0. The molecule has 0 atom stereocenters. The third kappa shape index (κ3) is 4.05. The number of nitrogens with zero attached hydrogens (tertiary/aromatic N) is 4. The van der Waals surface area contributed by atoms with Gasteiger partial charge in [0.05, 0.1) is 18.7 Å². The number of aromatic nitrogens is 1. The quantitative estimate of drug-likeness (QED) is 0.668. The third-order valence-corrected chi connectivity index (χ3v) is 6.03. The van der Waals surface area contributed by atoms with E-state index in [1.54, 1.807) is 13.3 Å². The summed E-state index contributed by atoms with van der Waals surface area (Å²) in [7, 11) is 1.57. The van der Waals surface area contributed by atoms with Crippen LogP contribution in [-0.2, 0) is 14.3 Å². The Morgan fingerprint density at radius 2 is 1.68 bits per heavy atom. The van der Waals surface area contributed by atoms with Crippen molar-refractivity contribution in [3.63, 3.8) is 0 Å². The highest BCUT2D eigenvalue weighted by molar-refractivity contribution is 6.35. The lowest BCUT2D eigenvalue weighted by molar-refractivity contribution is -0.138. The Bertz CT molecular complexity index is 1010. The summed E-state index contributed by atoms with van der Waals surface area (Å²) in [6, 6.07) is 11.8. The van der Waals surface area contributed by atoms with E-state index >= 15 is 0 Å². The normalized spacial score (nSPS) is 17.2. The topological polar surface area (TPSA) is 66.0 Å². The number of carbonyl (C=O) groups is 2. The van der Waals surface area contributed by atoms with Gasteiger partial charge in [-0.1, -0.05) is 24.3 Å². The summed E-state index contributed by atoms with van der Waals surface area (Å²) in [6.45, 7) is 7.40. The molecule has 162 valence electrons. The van der Waals surface area contributed by atoms with Gasteiger partial charge in [0.25, 0.3) is 11.8 Å². The van der Waals surface area contributed by atoms with Crippen molar-refractivity contribution in [3.8, 4) is 0 Å². The van der Waals surface area contributed by atoms with Crippen molar-refractivity contribution in [3.05, 3.63) is 65.0 Å². The van der Waals surface area contributed by atoms with Crippen LogP contribution < -0.4 is 4.90 Å². The summed E-state index contributed by atoms with van der Waals surface area (Å²) >= 11 is 0. The lowest BCUT2D eigenvalue weighted by Crippen LogP contribution is -2.48. The highest BCUT2D eigenvalue weighted by Gasteiger charge is 2.42. The second-order valence-electron chi connectivity index (χ2n) is 7.94. The number of carbonyl (C=O) groups excluding carboxylic acids is 2. The Morgan fingerprint density at radius 1 is 0.935 bits per heavy atom. The van der Waals surface area contributed by atoms with Crippen LogP contribution in [0.25, 0.3) is 5.57 Å². The molecule has 2 aliphatic rings. The molecule has 1 saturated heterocycles. The van der Waals surface area contributed by atoms with E-state index < -0.39 is 0 Å². The van der Waals surface area contributed by atoms with Gasteiger partial charge in [-0.05, 0) is 42.7 Å². The number of aryl methyl sites for hydroxylation is 2. The zero-order valence-corrected chi connectivity index (χ0v) is 18.3. The number of amides is 2. The van der Waals surface area contributed by atoms with Crippen LogP contribution in [0.4, 0.5) is 5.82 Å². The molecule has 1 aromatic heterocycles. The van der Waals surface area contributed by atoms with Gasteiger partial charge < -0.3 is 14.5 Å². The number of ether oxygens (including phenoxy) is 1. The predicted molar refractivity (Wildman–Crippen MR) is 119 cm³/mol. The fourth-order valence-electron chi connectivity index (χ4n) is 4.10. The van der Waals surface area contributed by atoms with Gasteiger partial charge in [0.2, 0.25) is 0 Å². The molecule has 7 heteroatoms. The fraction of sp³-hybridized carbons (Fsp3) is 0.375. The molecule has 2 aromatic rings. The summed E-state index contributed by atoms with van der Waals surface area (Å²) in [5.41, 5.74) is 4.05. The highest BCUT2D eigenvalue weighted by atomic mass is 16.5. The number of hydrogen-bond acceptors (Lipinski definition) is 6. The molecule has 1 aromatic carbocycles. The van der Waals surface area contributed by atoms with Gasteiger partial charge in [-0.3, -0.25) is 14.5 Å². The maximum atomic E-state index is 13.3. The van der Waals surface area contributed by atoms with Gasteiger partial charge in [-0.2, -0.15) is 0 Å². The largest absolute Gasteiger partial charge is 0.383 e. The van der Waals surface area contributed by atoms with E-state index in [1.165, 1.54) is 4.90 Å². The average Bonchev–Trinajstić information content (AvgIpc) is 3.04. The molecule has 0 aliphatic carbocycles. The fourth-order valence-corrected chi connectivity index (χ4v) is 4.10. The minimum absolute atomic E-state index is 0.235. The molecule has 0 spiro atoms. The average molecular weight is 421 g/mol. The van der Waals surface area contributed by atoms with E-state index in [-0.39, 0.29) is 18.4 Å². The van der Waals surface area contributed by atoms with Crippen molar-refractivity contribution < 1.29 is 14.3 Å². The monoisotopic (exact) mass is 420 g/mol. The molecular weight excluding hydrogens is 392 g/mol. The number of piperazine rings is 1. The Kier molecular flexibility index (Phi) is 6.04. The van der Waals surface area contributed by atoms with Gasteiger partial charge in [0.15, 0.2) is 0 Å². The van der Waals surface area contributed by atoms with Gasteiger partial charge in [0, 0.05) is 39.5 Å². The van der Waals surface area contributed by atoms with Crippen LogP contribution in [0.5, 0.6) is 0 Å². The number of benzene rings is 1. The maximum absolute atomic E-state index is 13.3. The van der Waals surface area contributed by atoms with E-state index in [0.717, 1.165) is 35.6 Å². The Morgan fingerprint density at radius 3 is 2.32 bits per heavy atom. The molecule has 0 bridgehead atoms. The summed E-state index contributed by atoms with van der Waals surface area (Å²) in [5.74, 6) is 0.454. The van der Waals surface area contributed by atoms with E-state index in [1.807, 2.05) is 50.2 Å². The zero-order valence-electron chi connectivity index (χ0n) is 18.3. The van der Waals surface area contributed by atoms with Crippen LogP contribution in [0.2, 0.25) is 0 Å². The van der Waals surface area contributed by atoms with Gasteiger partial charge in [-0.15, -0.1) is 0 Å². The molecule has 7 nitrogen and oxygen atoms in total. The van der Waals surface area contributed by atoms with Crippen LogP contribution in [0, 0.1) is 13.8 Å². The van der Waals surface area contributed by atoms with Crippen LogP contribution >= 0.6 is 0 Å². The number of imide groups is 1. The molecular formula is C24H28N4O3. The highest BCUT2D eigenvalue weighted by Crippen LogP contribution is 2.33. The summed E-state index contributed by atoms with van der Waals surface area (Å²) in [5, 5.41) is 0. The van der Waals surface area contributed by atoms with Crippen molar-refractivity contribution in [1.29, 1.82) is 0 Å². The van der Waals surface area contributed by atoms with Gasteiger partial charge in [0.1, 0.15) is 11.5 Å². The van der Waals surface area contributed by atoms with Crippen LogP contribution in [0.1, 0.15) is 16.7 Å². The molecule has 4 rings (SSSR count). The first-order valence-corrected chi connectivity index (χ1v) is 10.6. The summed E-state index contributed by atoms with van der Waals surface area (Å²) in [4.78, 5) is 36.6. The molecule has 3 heterocycles. The third-order valence-electron chi connectivity index (χ3n) is 6.03. The van der Waals surface area contributed by atoms with Crippen molar-refractivity contribution in [2.24, 2.45) is 0 Å². The van der Waals surface area contributed by atoms with Crippen LogP contribution in [0.15, 0.2) is 48.3 Å². The lowest BCUT2D eigenvalue weighted by atomic mass is 9.99. The van der Waals surface area contributed by atoms with E-state index in [4.69, 9.17) is 4.74 Å². The Balaban J connectivity index is 1.65. The summed E-state index contributed by atoms with van der Waals surface area (Å²) < 4.78 is 5.13. The number of methoxy groups -OCH3 is 1. The van der Waals surface area contributed by atoms with Gasteiger partial charge in [-0.25, -0.2) is 4.98 Å². The summed E-state index contributed by atoms with van der Waals surface area (Å²) in [6.07, 6.45) is 1.79. The molecule has 2 amide bonds. The van der Waals surface area contributed by atoms with E-state index in [2.05, 4.69) is 14.8 Å². The van der Waals surface area contributed by atoms with Crippen molar-refractivity contribution in [1.82, 2.24) is 14.8 Å². The number of anilines is 1. The molecule has 2 aliphatic heterocycles. The standard InChI is InChI=1S/C24H28N4O3/c1-17-7-8-19(16-18(17)2)21-22(24(30)28(23(21)29)14-15-31-3)27-12-10-26(11-13-27)20-6-4-5-9-25-20/h4-9,16H,10-15H2,1-3H3. The molecule has 0 N–H and O–H groups in total. The van der Waals surface area contributed by atoms with E-state index in [9.17, 15) is 9.59 Å². The number of pyridine rings is 1. The van der Waals surface area contributed by atoms with E-state index in [0.29, 0.717) is 31.0 Å². The molecule has 0 unspecified atom stereocenters. The molecule has 0 radical (unpaired) electrons. The minimum Gasteiger partial charge on any atom is -0.383 e. The predicted octanol–water partition coefficient (Wildman–Crippen LogP) is 2.25. The Hall–Kier alpha value is -3.19. The first-order chi connectivity index (χ1) is 15.0. The molecule has 0 saturated carbocycles. The second-order valence-corrected chi connectivity index (χ2v) is 7.94.